The molecule has 21 heavy (non-hydrogen) atoms. The summed E-state index contributed by atoms with van der Waals surface area (Å²) in [6.45, 7) is 8.31. The van der Waals surface area contributed by atoms with Crippen LogP contribution in [0.3, 0.4) is 0 Å². The Morgan fingerprint density at radius 2 is 1.86 bits per heavy atom. The highest BCUT2D eigenvalue weighted by atomic mass is 35.5. The van der Waals surface area contributed by atoms with E-state index in [1.807, 2.05) is 6.92 Å². The first-order chi connectivity index (χ1) is 9.55. The third kappa shape index (κ3) is 2.50. The highest BCUT2D eigenvalue weighted by Gasteiger charge is 2.34. The van der Waals surface area contributed by atoms with Gasteiger partial charge in [-0.3, -0.25) is 4.68 Å². The summed E-state index contributed by atoms with van der Waals surface area (Å²) in [5.41, 5.74) is 3.13. The van der Waals surface area contributed by atoms with E-state index < -0.39 is 5.92 Å². The summed E-state index contributed by atoms with van der Waals surface area (Å²) in [6, 6.07) is 0. The highest BCUT2D eigenvalue weighted by Crippen LogP contribution is 2.38. The van der Waals surface area contributed by atoms with Gasteiger partial charge in [-0.15, -0.1) is 0 Å². The Labute approximate surface area is 128 Å². The molecule has 0 atom stereocenters. The summed E-state index contributed by atoms with van der Waals surface area (Å²) >= 11 is 6.10. The molecule has 0 aromatic carbocycles. The van der Waals surface area contributed by atoms with Crippen molar-refractivity contribution in [1.82, 2.24) is 14.7 Å². The predicted octanol–water partition coefficient (Wildman–Crippen LogP) is 4.15. The van der Waals surface area contributed by atoms with Crippen molar-refractivity contribution in [3.63, 3.8) is 0 Å². The van der Waals surface area contributed by atoms with E-state index in [-0.39, 0.29) is 5.69 Å². The summed E-state index contributed by atoms with van der Waals surface area (Å²) < 4.78 is 28.7. The molecule has 0 aliphatic carbocycles. The molecule has 2 rings (SSSR count). The monoisotopic (exact) mass is 313 g/mol. The van der Waals surface area contributed by atoms with E-state index in [1.165, 1.54) is 11.7 Å². The lowest BCUT2D eigenvalue weighted by atomic mass is 10.0. The molecule has 0 fully saturated rings. The van der Waals surface area contributed by atoms with Crippen molar-refractivity contribution < 1.29 is 8.78 Å². The Hall–Kier alpha value is -1.62. The maximum Gasteiger partial charge on any atom is 0.286 e. The van der Waals surface area contributed by atoms with Gasteiger partial charge in [0.15, 0.2) is 0 Å². The normalized spacial score (nSPS) is 16.7. The van der Waals surface area contributed by atoms with Crippen molar-refractivity contribution in [1.29, 1.82) is 0 Å². The third-order valence-electron chi connectivity index (χ3n) is 3.66. The summed E-state index contributed by atoms with van der Waals surface area (Å²) in [4.78, 5) is 1.78. The molecule has 0 saturated heterocycles. The lowest BCUT2D eigenvalue weighted by Crippen LogP contribution is -2.21. The Kier molecular flexibility index (Phi) is 3.74. The van der Waals surface area contributed by atoms with E-state index >= 15 is 0 Å². The number of nitrogens with zero attached hydrogens (tertiary/aromatic N) is 3. The fourth-order valence-electron chi connectivity index (χ4n) is 2.72. The molecule has 0 saturated carbocycles. The number of alkyl halides is 2. The standard InChI is InChI=1S/C15H18ClF2N3/c1-8-7-11(16)10(3)20(5)13(8)12-9(2)14(15(4,17)18)21(6)19-12/h7H,3H2,1-2,4-6H3. The van der Waals surface area contributed by atoms with E-state index in [2.05, 4.69) is 11.7 Å². The van der Waals surface area contributed by atoms with Crippen LogP contribution in [0.1, 0.15) is 30.8 Å². The Bertz CT molecular complexity index is 678. The van der Waals surface area contributed by atoms with E-state index in [9.17, 15) is 8.78 Å². The minimum absolute atomic E-state index is 0.0857. The number of rotatable bonds is 2. The number of hydrogen-bond acceptors (Lipinski definition) is 2. The van der Waals surface area contributed by atoms with E-state index in [0.717, 1.165) is 18.2 Å². The van der Waals surface area contributed by atoms with Crippen molar-refractivity contribution in [2.75, 3.05) is 7.05 Å². The molecular weight excluding hydrogens is 296 g/mol. The van der Waals surface area contributed by atoms with Crippen LogP contribution >= 0.6 is 11.6 Å². The maximum absolute atomic E-state index is 13.7. The van der Waals surface area contributed by atoms with Gasteiger partial charge in [0.05, 0.1) is 16.4 Å². The topological polar surface area (TPSA) is 21.1 Å². The van der Waals surface area contributed by atoms with Gasteiger partial charge < -0.3 is 4.90 Å². The van der Waals surface area contributed by atoms with Crippen molar-refractivity contribution >= 4 is 17.3 Å². The second-order valence-corrected chi connectivity index (χ2v) is 5.77. The zero-order valence-corrected chi connectivity index (χ0v) is 13.5. The number of allylic oxidation sites excluding steroid dienone is 3. The van der Waals surface area contributed by atoms with Gasteiger partial charge in [0.2, 0.25) is 0 Å². The van der Waals surface area contributed by atoms with Crippen LogP contribution in [-0.4, -0.2) is 21.7 Å². The number of likely N-dealkylation sites (N-methyl/N-ethyl adjacent to an activating group) is 1. The minimum Gasteiger partial charge on any atom is -0.342 e. The zero-order valence-electron chi connectivity index (χ0n) is 12.8. The first kappa shape index (κ1) is 15.8. The molecule has 6 heteroatoms. The Morgan fingerprint density at radius 3 is 2.33 bits per heavy atom. The average molecular weight is 314 g/mol. The van der Waals surface area contributed by atoms with Crippen LogP contribution in [0.15, 0.2) is 29.0 Å². The van der Waals surface area contributed by atoms with Crippen LogP contribution in [-0.2, 0) is 13.0 Å². The van der Waals surface area contributed by atoms with E-state index in [0.29, 0.717) is 22.0 Å². The van der Waals surface area contributed by atoms with Gasteiger partial charge in [-0.2, -0.15) is 13.9 Å². The molecule has 3 nitrogen and oxygen atoms in total. The minimum atomic E-state index is -2.95. The largest absolute Gasteiger partial charge is 0.342 e. The van der Waals surface area contributed by atoms with Gasteiger partial charge >= 0.3 is 0 Å². The zero-order chi connectivity index (χ0) is 16.1. The average Bonchev–Trinajstić information content (AvgIpc) is 2.61. The predicted molar refractivity (Wildman–Crippen MR) is 80.9 cm³/mol. The van der Waals surface area contributed by atoms with Gasteiger partial charge in [0.1, 0.15) is 11.4 Å². The molecule has 0 radical (unpaired) electrons. The molecule has 1 aromatic rings. The Balaban J connectivity index is 2.69. The summed E-state index contributed by atoms with van der Waals surface area (Å²) in [5, 5.41) is 4.82. The summed E-state index contributed by atoms with van der Waals surface area (Å²) in [6.07, 6.45) is 1.77. The molecule has 0 spiro atoms. The van der Waals surface area contributed by atoms with Gasteiger partial charge in [-0.1, -0.05) is 18.2 Å². The van der Waals surface area contributed by atoms with Crippen LogP contribution in [0.2, 0.25) is 0 Å². The van der Waals surface area contributed by atoms with Gasteiger partial charge in [0.25, 0.3) is 5.92 Å². The molecule has 0 bridgehead atoms. The van der Waals surface area contributed by atoms with Crippen molar-refractivity contribution in [3.8, 4) is 0 Å². The molecule has 0 amide bonds. The summed E-state index contributed by atoms with van der Waals surface area (Å²) in [5.74, 6) is -2.95. The molecule has 0 unspecified atom stereocenters. The quantitative estimate of drug-likeness (QED) is 0.817. The van der Waals surface area contributed by atoms with Crippen LogP contribution in [0, 0.1) is 6.92 Å². The van der Waals surface area contributed by atoms with E-state index in [1.54, 1.807) is 24.9 Å². The second kappa shape index (κ2) is 4.98. The fraction of sp³-hybridized carbons (Fsp3) is 0.400. The number of aromatic nitrogens is 2. The molecule has 1 aliphatic rings. The maximum atomic E-state index is 13.7. The Morgan fingerprint density at radius 1 is 1.29 bits per heavy atom. The summed E-state index contributed by atoms with van der Waals surface area (Å²) in [7, 11) is 3.33. The molecule has 1 aromatic heterocycles. The lowest BCUT2D eigenvalue weighted by molar-refractivity contribution is 0.00818. The highest BCUT2D eigenvalue weighted by molar-refractivity contribution is 6.32. The number of halogens is 3. The first-order valence-electron chi connectivity index (χ1n) is 6.49. The smallest absolute Gasteiger partial charge is 0.286 e. The van der Waals surface area contributed by atoms with Gasteiger partial charge in [-0.05, 0) is 25.5 Å². The SMILES string of the molecule is C=C1C(Cl)=CC(C)=C(c2nn(C)c(C(C)(F)F)c2C)N1C. The molecular formula is C15H18ClF2N3. The fourth-order valence-corrected chi connectivity index (χ4v) is 3.01. The molecule has 2 heterocycles. The molecule has 1 aliphatic heterocycles. The third-order valence-corrected chi connectivity index (χ3v) is 3.98. The molecule has 114 valence electrons. The first-order valence-corrected chi connectivity index (χ1v) is 6.86. The van der Waals surface area contributed by atoms with Crippen LogP contribution < -0.4 is 0 Å². The lowest BCUT2D eigenvalue weighted by Gasteiger charge is -2.29. The molecule has 0 N–H and O–H groups in total. The van der Waals surface area contributed by atoms with Crippen LogP contribution in [0.4, 0.5) is 8.78 Å². The second-order valence-electron chi connectivity index (χ2n) is 5.36. The van der Waals surface area contributed by atoms with Crippen molar-refractivity contribution in [3.05, 3.63) is 45.9 Å². The van der Waals surface area contributed by atoms with Crippen LogP contribution in [0.5, 0.6) is 0 Å². The van der Waals surface area contributed by atoms with Gasteiger partial charge in [-0.25, -0.2) is 0 Å². The number of aryl methyl sites for hydroxylation is 1. The number of hydrogen-bond donors (Lipinski definition) is 0. The van der Waals surface area contributed by atoms with Crippen molar-refractivity contribution in [2.45, 2.75) is 26.7 Å². The van der Waals surface area contributed by atoms with Crippen molar-refractivity contribution in [2.24, 2.45) is 7.05 Å². The van der Waals surface area contributed by atoms with Crippen LogP contribution in [0.25, 0.3) is 5.70 Å². The van der Waals surface area contributed by atoms with Gasteiger partial charge in [0, 0.05) is 26.6 Å². The van der Waals surface area contributed by atoms with E-state index in [4.69, 9.17) is 11.6 Å².